The number of aliphatic hydroxyl groups excluding tert-OH is 1. The minimum atomic E-state index is -1.21. The molecule has 0 bridgehead atoms. The number of carboxylic acid groups (broad SMARTS) is 1. The van der Waals surface area contributed by atoms with Crippen molar-refractivity contribution in [2.45, 2.75) is 51.2 Å². The van der Waals surface area contributed by atoms with Gasteiger partial charge in [0.05, 0.1) is 13.2 Å². The van der Waals surface area contributed by atoms with Crippen molar-refractivity contribution >= 4 is 29.7 Å². The monoisotopic (exact) mass is 431 g/mol. The molecular weight excluding hydrogens is 398 g/mol. The van der Waals surface area contributed by atoms with Crippen LogP contribution in [-0.2, 0) is 19.2 Å². The predicted molar refractivity (Wildman–Crippen MR) is 109 cm³/mol. The van der Waals surface area contributed by atoms with Crippen LogP contribution in [0.3, 0.4) is 0 Å². The van der Waals surface area contributed by atoms with Crippen molar-refractivity contribution in [2.24, 2.45) is 28.1 Å². The second kappa shape index (κ2) is 14.1. The summed E-state index contributed by atoms with van der Waals surface area (Å²) in [5, 5.41) is 25.2. The Morgan fingerprint density at radius 1 is 1.03 bits per heavy atom. The lowest BCUT2D eigenvalue weighted by atomic mass is 10.0. The van der Waals surface area contributed by atoms with E-state index in [1.54, 1.807) is 0 Å². The molecule has 0 aromatic carbocycles. The van der Waals surface area contributed by atoms with Gasteiger partial charge in [-0.2, -0.15) is 0 Å². The summed E-state index contributed by atoms with van der Waals surface area (Å²) in [4.78, 5) is 51.3. The van der Waals surface area contributed by atoms with E-state index in [0.717, 1.165) is 0 Å². The largest absolute Gasteiger partial charge is 0.480 e. The molecule has 11 N–H and O–H groups in total. The number of nitrogens with zero attached hydrogens (tertiary/aromatic N) is 1. The Labute approximate surface area is 174 Å². The Kier molecular flexibility index (Phi) is 12.7. The molecule has 0 heterocycles. The number of rotatable bonds is 14. The number of carbonyl (C=O) groups excluding carboxylic acids is 3. The standard InChI is InChI=1S/C17H33N7O6/c1-9(2)6-12(16(29)30)23-13(26)7-22-15(28)11(4-3-5-21-17(19)20)24-14(27)10(18)8-25/h9-12,25H,3-8,18H2,1-2H3,(H,22,28)(H,23,26)(H,24,27)(H,29,30)(H4,19,20,21). The van der Waals surface area contributed by atoms with E-state index in [0.29, 0.717) is 6.42 Å². The van der Waals surface area contributed by atoms with Crippen LogP contribution in [0.2, 0.25) is 0 Å². The topological polar surface area (TPSA) is 235 Å². The summed E-state index contributed by atoms with van der Waals surface area (Å²) < 4.78 is 0. The molecule has 13 nitrogen and oxygen atoms in total. The number of aliphatic carboxylic acids is 1. The van der Waals surface area contributed by atoms with Gasteiger partial charge in [0.15, 0.2) is 5.96 Å². The number of nitrogens with two attached hydrogens (primary N) is 3. The zero-order chi connectivity index (χ0) is 23.3. The van der Waals surface area contributed by atoms with Gasteiger partial charge in [0.25, 0.3) is 0 Å². The average molecular weight is 431 g/mol. The molecule has 0 aromatic heterocycles. The van der Waals surface area contributed by atoms with Gasteiger partial charge in [-0.05, 0) is 25.2 Å². The Morgan fingerprint density at radius 2 is 1.67 bits per heavy atom. The third-order valence-corrected chi connectivity index (χ3v) is 3.88. The first-order chi connectivity index (χ1) is 14.0. The summed E-state index contributed by atoms with van der Waals surface area (Å²) in [6.45, 7) is 2.76. The summed E-state index contributed by atoms with van der Waals surface area (Å²) in [5.41, 5.74) is 15.9. The molecule has 3 atom stereocenters. The van der Waals surface area contributed by atoms with Crippen LogP contribution in [0.4, 0.5) is 0 Å². The first-order valence-electron chi connectivity index (χ1n) is 9.50. The summed E-state index contributed by atoms with van der Waals surface area (Å²) >= 11 is 0. The fourth-order valence-electron chi connectivity index (χ4n) is 2.36. The van der Waals surface area contributed by atoms with E-state index >= 15 is 0 Å². The number of hydrogen-bond donors (Lipinski definition) is 8. The minimum absolute atomic E-state index is 0.0431. The summed E-state index contributed by atoms with van der Waals surface area (Å²) in [5.74, 6) is -3.36. The van der Waals surface area contributed by atoms with Crippen molar-refractivity contribution < 1.29 is 29.4 Å². The van der Waals surface area contributed by atoms with Gasteiger partial charge in [-0.1, -0.05) is 13.8 Å². The number of guanidine groups is 1. The van der Waals surface area contributed by atoms with Crippen LogP contribution in [0.25, 0.3) is 0 Å². The molecule has 0 saturated carbocycles. The maximum atomic E-state index is 12.4. The minimum Gasteiger partial charge on any atom is -0.480 e. The normalized spacial score (nSPS) is 13.6. The van der Waals surface area contributed by atoms with Gasteiger partial charge in [0.1, 0.15) is 18.1 Å². The Morgan fingerprint density at radius 3 is 2.17 bits per heavy atom. The highest BCUT2D eigenvalue weighted by atomic mass is 16.4. The third kappa shape index (κ3) is 11.8. The van der Waals surface area contributed by atoms with Crippen molar-refractivity contribution in [3.05, 3.63) is 0 Å². The van der Waals surface area contributed by atoms with E-state index in [1.165, 1.54) is 0 Å². The first kappa shape index (κ1) is 27.1. The lowest BCUT2D eigenvalue weighted by Gasteiger charge is -2.20. The second-order valence-corrected chi connectivity index (χ2v) is 7.10. The van der Waals surface area contributed by atoms with Gasteiger partial charge in [0.2, 0.25) is 17.7 Å². The number of nitrogens with one attached hydrogen (secondary N) is 3. The SMILES string of the molecule is CC(C)CC(NC(=O)CNC(=O)C(CCCN=C(N)N)NC(=O)C(N)CO)C(=O)O. The van der Waals surface area contributed by atoms with Gasteiger partial charge in [-0.25, -0.2) is 4.79 Å². The average Bonchev–Trinajstić information content (AvgIpc) is 2.66. The molecule has 0 radical (unpaired) electrons. The molecule has 30 heavy (non-hydrogen) atoms. The maximum absolute atomic E-state index is 12.4. The first-order valence-corrected chi connectivity index (χ1v) is 9.50. The molecule has 0 aliphatic heterocycles. The number of aliphatic imine (C=N–C) groups is 1. The summed E-state index contributed by atoms with van der Waals surface area (Å²) in [7, 11) is 0. The quantitative estimate of drug-likeness (QED) is 0.0775. The highest BCUT2D eigenvalue weighted by Crippen LogP contribution is 2.05. The Bertz CT molecular complexity index is 622. The lowest BCUT2D eigenvalue weighted by molar-refractivity contribution is -0.142. The maximum Gasteiger partial charge on any atom is 0.326 e. The van der Waals surface area contributed by atoms with Gasteiger partial charge in [0, 0.05) is 6.54 Å². The molecule has 0 saturated heterocycles. The van der Waals surface area contributed by atoms with Crippen LogP contribution < -0.4 is 33.2 Å². The van der Waals surface area contributed by atoms with E-state index in [1.807, 2.05) is 13.8 Å². The van der Waals surface area contributed by atoms with Crippen molar-refractivity contribution in [3.8, 4) is 0 Å². The molecule has 0 aliphatic carbocycles. The van der Waals surface area contributed by atoms with Gasteiger partial charge in [-0.15, -0.1) is 0 Å². The van der Waals surface area contributed by atoms with Crippen molar-refractivity contribution in [1.29, 1.82) is 0 Å². The second-order valence-electron chi connectivity index (χ2n) is 7.10. The molecule has 3 amide bonds. The van der Waals surface area contributed by atoms with Gasteiger partial charge < -0.3 is 43.4 Å². The fraction of sp³-hybridized carbons (Fsp3) is 0.706. The van der Waals surface area contributed by atoms with E-state index < -0.39 is 55.0 Å². The molecule has 0 aromatic rings. The van der Waals surface area contributed by atoms with Crippen LogP contribution in [0.1, 0.15) is 33.1 Å². The molecular formula is C17H33N7O6. The molecule has 172 valence electrons. The van der Waals surface area contributed by atoms with Crippen LogP contribution in [0.5, 0.6) is 0 Å². The van der Waals surface area contributed by atoms with Crippen LogP contribution in [0.15, 0.2) is 4.99 Å². The van der Waals surface area contributed by atoms with Crippen LogP contribution >= 0.6 is 0 Å². The number of carboxylic acids is 1. The van der Waals surface area contributed by atoms with Crippen molar-refractivity contribution in [2.75, 3.05) is 19.7 Å². The smallest absolute Gasteiger partial charge is 0.326 e. The summed E-state index contributed by atoms with van der Waals surface area (Å²) in [6.07, 6.45) is 0.711. The Hall–Kier alpha value is -2.93. The number of amides is 3. The Balaban J connectivity index is 4.87. The van der Waals surface area contributed by atoms with E-state index in [9.17, 15) is 19.2 Å². The van der Waals surface area contributed by atoms with Gasteiger partial charge in [-0.3, -0.25) is 19.4 Å². The molecule has 13 heteroatoms. The molecule has 0 rings (SSSR count). The number of aliphatic hydroxyl groups is 1. The summed E-state index contributed by atoms with van der Waals surface area (Å²) in [6, 6.07) is -3.34. The highest BCUT2D eigenvalue weighted by Gasteiger charge is 2.25. The molecule has 0 fully saturated rings. The predicted octanol–water partition coefficient (Wildman–Crippen LogP) is -3.42. The zero-order valence-corrected chi connectivity index (χ0v) is 17.3. The lowest BCUT2D eigenvalue weighted by Crippen LogP contribution is -2.54. The van der Waals surface area contributed by atoms with E-state index in [4.69, 9.17) is 27.4 Å². The number of carbonyl (C=O) groups is 4. The highest BCUT2D eigenvalue weighted by molar-refractivity contribution is 5.92. The fourth-order valence-corrected chi connectivity index (χ4v) is 2.36. The molecule has 0 aliphatic rings. The molecule has 0 spiro atoms. The molecule has 3 unspecified atom stereocenters. The van der Waals surface area contributed by atoms with Crippen LogP contribution in [-0.4, -0.2) is 77.7 Å². The zero-order valence-electron chi connectivity index (χ0n) is 17.3. The number of hydrogen-bond acceptors (Lipinski definition) is 7. The third-order valence-electron chi connectivity index (χ3n) is 3.88. The van der Waals surface area contributed by atoms with Crippen LogP contribution in [0, 0.1) is 5.92 Å². The van der Waals surface area contributed by atoms with Crippen molar-refractivity contribution in [1.82, 2.24) is 16.0 Å². The van der Waals surface area contributed by atoms with E-state index in [-0.39, 0.29) is 31.3 Å². The van der Waals surface area contributed by atoms with E-state index in [2.05, 4.69) is 20.9 Å². The van der Waals surface area contributed by atoms with Gasteiger partial charge >= 0.3 is 5.97 Å². The van der Waals surface area contributed by atoms with Crippen molar-refractivity contribution in [3.63, 3.8) is 0 Å².